The number of carbonyl (C=O) groups excluding carboxylic acids is 1. The zero-order valence-electron chi connectivity index (χ0n) is 8.62. The summed E-state index contributed by atoms with van der Waals surface area (Å²) in [5.74, 6) is 0.107. The van der Waals surface area contributed by atoms with Crippen LogP contribution in [0.1, 0.15) is 24.8 Å². The lowest BCUT2D eigenvalue weighted by Crippen LogP contribution is -2.31. The van der Waals surface area contributed by atoms with Gasteiger partial charge in [0.25, 0.3) is 0 Å². The Hall–Kier alpha value is -1.36. The molecule has 5 heteroatoms. The van der Waals surface area contributed by atoms with Gasteiger partial charge in [-0.15, -0.1) is 0 Å². The molecule has 0 aliphatic carbocycles. The Morgan fingerprint density at radius 1 is 1.67 bits per heavy atom. The summed E-state index contributed by atoms with van der Waals surface area (Å²) in [6.07, 6.45) is 6.37. The van der Waals surface area contributed by atoms with E-state index in [0.717, 1.165) is 18.5 Å². The second kappa shape index (κ2) is 4.93. The summed E-state index contributed by atoms with van der Waals surface area (Å²) in [4.78, 5) is 11.5. The smallest absolute Gasteiger partial charge is 0.221 e. The Balaban J connectivity index is 1.68. The Morgan fingerprint density at radius 2 is 2.60 bits per heavy atom. The highest BCUT2D eigenvalue weighted by atomic mass is 16.1. The van der Waals surface area contributed by atoms with Gasteiger partial charge in [-0.3, -0.25) is 9.89 Å². The van der Waals surface area contributed by atoms with E-state index in [4.69, 9.17) is 0 Å². The van der Waals surface area contributed by atoms with Crippen LogP contribution in [-0.4, -0.2) is 28.7 Å². The molecule has 1 unspecified atom stereocenters. The number of rotatable bonds is 4. The van der Waals surface area contributed by atoms with Crippen molar-refractivity contribution in [1.29, 1.82) is 0 Å². The summed E-state index contributed by atoms with van der Waals surface area (Å²) in [5, 5.41) is 12.7. The van der Waals surface area contributed by atoms with Crippen LogP contribution >= 0.6 is 0 Å². The molecule has 2 heterocycles. The van der Waals surface area contributed by atoms with Gasteiger partial charge in [0.1, 0.15) is 0 Å². The molecule has 3 N–H and O–H groups in total. The van der Waals surface area contributed by atoms with Crippen LogP contribution in [0.15, 0.2) is 12.4 Å². The van der Waals surface area contributed by atoms with Gasteiger partial charge in [-0.2, -0.15) is 5.10 Å². The second-order valence-corrected chi connectivity index (χ2v) is 3.88. The van der Waals surface area contributed by atoms with Crippen molar-refractivity contribution in [3.05, 3.63) is 18.0 Å². The average molecular weight is 208 g/mol. The van der Waals surface area contributed by atoms with Gasteiger partial charge in [0.15, 0.2) is 0 Å². The van der Waals surface area contributed by atoms with E-state index in [9.17, 15) is 4.79 Å². The molecule has 1 aromatic rings. The van der Waals surface area contributed by atoms with Crippen LogP contribution in [0.5, 0.6) is 0 Å². The van der Waals surface area contributed by atoms with Crippen molar-refractivity contribution in [2.75, 3.05) is 6.54 Å². The Labute approximate surface area is 88.6 Å². The van der Waals surface area contributed by atoms with Crippen molar-refractivity contribution in [3.63, 3.8) is 0 Å². The fourth-order valence-electron chi connectivity index (χ4n) is 1.80. The van der Waals surface area contributed by atoms with E-state index >= 15 is 0 Å². The molecule has 0 radical (unpaired) electrons. The minimum absolute atomic E-state index is 0.107. The molecule has 0 spiro atoms. The Bertz CT molecular complexity index is 303. The molecule has 82 valence electrons. The van der Waals surface area contributed by atoms with Gasteiger partial charge in [0.2, 0.25) is 5.91 Å². The molecule has 1 atom stereocenters. The number of hydrogen-bond donors (Lipinski definition) is 3. The number of amides is 1. The maximum atomic E-state index is 11.5. The molecular weight excluding hydrogens is 192 g/mol. The molecule has 1 aliphatic rings. The van der Waals surface area contributed by atoms with Crippen LogP contribution in [0.2, 0.25) is 0 Å². The lowest BCUT2D eigenvalue weighted by molar-refractivity contribution is -0.121. The number of aromatic nitrogens is 2. The molecule has 0 bridgehead atoms. The normalized spacial score (nSPS) is 20.4. The maximum absolute atomic E-state index is 11.5. The standard InChI is InChI=1S/C10H16N4O/c15-10(4-9-2-1-3-11-9)12-5-8-6-13-14-7-8/h6-7,9,11H,1-5H2,(H,12,15)(H,13,14). The SMILES string of the molecule is O=C(CC1CCCN1)NCc1cn[nH]c1. The fourth-order valence-corrected chi connectivity index (χ4v) is 1.80. The number of nitrogens with zero attached hydrogens (tertiary/aromatic N) is 1. The molecule has 5 nitrogen and oxygen atoms in total. The van der Waals surface area contributed by atoms with Crippen molar-refractivity contribution in [1.82, 2.24) is 20.8 Å². The Kier molecular flexibility index (Phi) is 3.34. The largest absolute Gasteiger partial charge is 0.352 e. The van der Waals surface area contributed by atoms with Crippen LogP contribution in [0.4, 0.5) is 0 Å². The van der Waals surface area contributed by atoms with Crippen LogP contribution in [0.3, 0.4) is 0 Å². The van der Waals surface area contributed by atoms with Crippen LogP contribution < -0.4 is 10.6 Å². The summed E-state index contributed by atoms with van der Waals surface area (Å²) in [6, 6.07) is 0.370. The lowest BCUT2D eigenvalue weighted by atomic mass is 10.1. The van der Waals surface area contributed by atoms with Gasteiger partial charge in [-0.1, -0.05) is 0 Å². The summed E-state index contributed by atoms with van der Waals surface area (Å²) in [6.45, 7) is 1.60. The number of nitrogens with one attached hydrogen (secondary N) is 3. The topological polar surface area (TPSA) is 69.8 Å². The van der Waals surface area contributed by atoms with Crippen molar-refractivity contribution in [2.24, 2.45) is 0 Å². The van der Waals surface area contributed by atoms with Gasteiger partial charge >= 0.3 is 0 Å². The van der Waals surface area contributed by atoms with Gasteiger partial charge in [0, 0.05) is 30.8 Å². The van der Waals surface area contributed by atoms with Crippen molar-refractivity contribution < 1.29 is 4.79 Å². The quantitative estimate of drug-likeness (QED) is 0.660. The first kappa shape index (κ1) is 10.2. The molecule has 15 heavy (non-hydrogen) atoms. The summed E-state index contributed by atoms with van der Waals surface area (Å²) >= 11 is 0. The van der Waals surface area contributed by atoms with Crippen molar-refractivity contribution >= 4 is 5.91 Å². The zero-order valence-corrected chi connectivity index (χ0v) is 8.62. The zero-order chi connectivity index (χ0) is 10.5. The molecular formula is C10H16N4O. The molecule has 2 rings (SSSR count). The van der Waals surface area contributed by atoms with E-state index in [1.165, 1.54) is 6.42 Å². The minimum Gasteiger partial charge on any atom is -0.352 e. The second-order valence-electron chi connectivity index (χ2n) is 3.88. The molecule has 0 saturated carbocycles. The van der Waals surface area contributed by atoms with Crippen LogP contribution in [0, 0.1) is 0 Å². The molecule has 0 aromatic carbocycles. The first-order valence-corrected chi connectivity index (χ1v) is 5.32. The van der Waals surface area contributed by atoms with Gasteiger partial charge in [0.05, 0.1) is 6.20 Å². The van der Waals surface area contributed by atoms with Gasteiger partial charge < -0.3 is 10.6 Å². The molecule has 1 aromatic heterocycles. The van der Waals surface area contributed by atoms with E-state index in [2.05, 4.69) is 20.8 Å². The highest BCUT2D eigenvalue weighted by molar-refractivity contribution is 5.76. The predicted molar refractivity (Wildman–Crippen MR) is 56.1 cm³/mol. The fraction of sp³-hybridized carbons (Fsp3) is 0.600. The minimum atomic E-state index is 0.107. The summed E-state index contributed by atoms with van der Waals surface area (Å²) in [7, 11) is 0. The van der Waals surface area contributed by atoms with E-state index in [0.29, 0.717) is 19.0 Å². The number of carbonyl (C=O) groups is 1. The predicted octanol–water partition coefficient (Wildman–Crippen LogP) is 0.168. The summed E-state index contributed by atoms with van der Waals surface area (Å²) < 4.78 is 0. The highest BCUT2D eigenvalue weighted by Crippen LogP contribution is 2.08. The maximum Gasteiger partial charge on any atom is 0.221 e. The third-order valence-electron chi connectivity index (χ3n) is 2.64. The lowest BCUT2D eigenvalue weighted by Gasteiger charge is -2.09. The van der Waals surface area contributed by atoms with Crippen molar-refractivity contribution in [2.45, 2.75) is 31.8 Å². The Morgan fingerprint density at radius 3 is 3.27 bits per heavy atom. The van der Waals surface area contributed by atoms with Crippen LogP contribution in [0.25, 0.3) is 0 Å². The molecule has 1 amide bonds. The number of aromatic amines is 1. The first-order valence-electron chi connectivity index (χ1n) is 5.32. The van der Waals surface area contributed by atoms with Crippen molar-refractivity contribution in [3.8, 4) is 0 Å². The van der Waals surface area contributed by atoms with E-state index in [1.54, 1.807) is 12.4 Å². The van der Waals surface area contributed by atoms with Crippen LogP contribution in [-0.2, 0) is 11.3 Å². The molecule has 1 aliphatic heterocycles. The van der Waals surface area contributed by atoms with E-state index in [-0.39, 0.29) is 5.91 Å². The number of H-pyrrole nitrogens is 1. The van der Waals surface area contributed by atoms with E-state index in [1.807, 2.05) is 0 Å². The highest BCUT2D eigenvalue weighted by Gasteiger charge is 2.17. The van der Waals surface area contributed by atoms with Gasteiger partial charge in [-0.25, -0.2) is 0 Å². The van der Waals surface area contributed by atoms with Gasteiger partial charge in [-0.05, 0) is 19.4 Å². The van der Waals surface area contributed by atoms with E-state index < -0.39 is 0 Å². The third kappa shape index (κ3) is 3.06. The molecule has 1 fully saturated rings. The third-order valence-corrected chi connectivity index (χ3v) is 2.64. The number of hydrogen-bond acceptors (Lipinski definition) is 3. The average Bonchev–Trinajstić information content (AvgIpc) is 2.86. The first-order chi connectivity index (χ1) is 7.34. The molecule has 1 saturated heterocycles. The monoisotopic (exact) mass is 208 g/mol. The summed E-state index contributed by atoms with van der Waals surface area (Å²) in [5.41, 5.74) is 1.00.